The van der Waals surface area contributed by atoms with E-state index in [1.807, 2.05) is 13.8 Å². The molecule has 0 saturated heterocycles. The fraction of sp³-hybridized carbons (Fsp3) is 0.733. The Morgan fingerprint density at radius 3 is 2.48 bits per heavy atom. The molecule has 0 N–H and O–H groups in total. The lowest BCUT2D eigenvalue weighted by Gasteiger charge is -2.32. The minimum absolute atomic E-state index is 0.0877. The van der Waals surface area contributed by atoms with E-state index in [-0.39, 0.29) is 23.4 Å². The van der Waals surface area contributed by atoms with E-state index in [0.717, 1.165) is 5.75 Å². The van der Waals surface area contributed by atoms with Crippen LogP contribution in [0.5, 0.6) is 0 Å². The van der Waals surface area contributed by atoms with Crippen molar-refractivity contribution < 1.29 is 23.9 Å². The lowest BCUT2D eigenvalue weighted by molar-refractivity contribution is -0.157. The van der Waals surface area contributed by atoms with E-state index in [1.54, 1.807) is 11.8 Å². The normalized spacial score (nSPS) is 27.3. The molecule has 4 atom stereocenters. The molecule has 0 heterocycles. The summed E-state index contributed by atoms with van der Waals surface area (Å²) in [6.45, 7) is 5.25. The molecule has 1 rings (SSSR count). The number of esters is 1. The second-order valence-electron chi connectivity index (χ2n) is 5.38. The zero-order chi connectivity index (χ0) is 16.2. The maximum atomic E-state index is 12.4. The number of carbonyl (C=O) groups is 4. The van der Waals surface area contributed by atoms with Crippen molar-refractivity contribution in [3.8, 4) is 0 Å². The lowest BCUT2D eigenvalue weighted by atomic mass is 9.69. The Bertz CT molecular complexity index is 445. The monoisotopic (exact) mass is 314 g/mol. The number of hydrogen-bond acceptors (Lipinski definition) is 6. The molecule has 0 spiro atoms. The molecule has 0 radical (unpaired) electrons. The van der Waals surface area contributed by atoms with E-state index in [9.17, 15) is 19.2 Å². The van der Waals surface area contributed by atoms with Crippen molar-refractivity contribution in [3.63, 3.8) is 0 Å². The Balaban J connectivity index is 3.01. The third-order valence-electron chi connectivity index (χ3n) is 3.80. The molecule has 1 aliphatic rings. The number of rotatable bonds is 6. The summed E-state index contributed by atoms with van der Waals surface area (Å²) in [5, 5.41) is 0.238. The minimum Gasteiger partial charge on any atom is -0.468 e. The quantitative estimate of drug-likeness (QED) is 0.548. The van der Waals surface area contributed by atoms with Crippen molar-refractivity contribution in [1.29, 1.82) is 0 Å². The average molecular weight is 314 g/mol. The molecule has 5 nitrogen and oxygen atoms in total. The van der Waals surface area contributed by atoms with Crippen LogP contribution in [-0.2, 0) is 23.9 Å². The Hall–Kier alpha value is -1.17. The largest absolute Gasteiger partial charge is 0.468 e. The maximum absolute atomic E-state index is 12.4. The highest BCUT2D eigenvalue weighted by Gasteiger charge is 2.49. The van der Waals surface area contributed by atoms with Crippen LogP contribution in [0, 0.1) is 17.8 Å². The Morgan fingerprint density at radius 2 is 2.00 bits per heavy atom. The Kier molecular flexibility index (Phi) is 6.58. The van der Waals surface area contributed by atoms with Crippen LogP contribution in [0.2, 0.25) is 0 Å². The van der Waals surface area contributed by atoms with Gasteiger partial charge in [0.1, 0.15) is 17.6 Å². The van der Waals surface area contributed by atoms with Crippen LogP contribution in [-0.4, -0.2) is 41.4 Å². The molecule has 21 heavy (non-hydrogen) atoms. The first-order chi connectivity index (χ1) is 9.83. The number of Topliss-reactive ketones (excluding diaryl/α,β-unsaturated/α-hetero) is 3. The first kappa shape index (κ1) is 17.9. The highest BCUT2D eigenvalue weighted by atomic mass is 32.2. The zero-order valence-corrected chi connectivity index (χ0v) is 13.7. The van der Waals surface area contributed by atoms with Gasteiger partial charge in [-0.05, 0) is 25.0 Å². The van der Waals surface area contributed by atoms with Crippen LogP contribution in [0.3, 0.4) is 0 Å². The van der Waals surface area contributed by atoms with Gasteiger partial charge < -0.3 is 4.74 Å². The molecule has 118 valence electrons. The molecule has 0 bridgehead atoms. The number of ether oxygens (including phenoxy) is 1. The van der Waals surface area contributed by atoms with Gasteiger partial charge in [0.15, 0.2) is 11.6 Å². The van der Waals surface area contributed by atoms with Crippen molar-refractivity contribution in [2.45, 2.75) is 38.9 Å². The summed E-state index contributed by atoms with van der Waals surface area (Å²) in [7, 11) is 1.22. The highest BCUT2D eigenvalue weighted by molar-refractivity contribution is 7.99. The van der Waals surface area contributed by atoms with Crippen molar-refractivity contribution in [2.75, 3.05) is 12.9 Å². The van der Waals surface area contributed by atoms with Gasteiger partial charge in [-0.3, -0.25) is 19.2 Å². The third-order valence-corrected chi connectivity index (χ3v) is 4.89. The Labute approximate surface area is 129 Å². The fourth-order valence-electron chi connectivity index (χ4n) is 2.93. The molecule has 1 aliphatic carbocycles. The summed E-state index contributed by atoms with van der Waals surface area (Å²) in [6.07, 6.45) is 0.671. The molecule has 0 amide bonds. The molecule has 1 saturated carbocycles. The summed E-state index contributed by atoms with van der Waals surface area (Å²) in [5.74, 6) is -3.83. The second-order valence-corrected chi connectivity index (χ2v) is 7.09. The van der Waals surface area contributed by atoms with Crippen molar-refractivity contribution in [2.24, 2.45) is 17.8 Å². The van der Waals surface area contributed by atoms with Crippen LogP contribution in [0.15, 0.2) is 0 Å². The molecule has 0 unspecified atom stereocenters. The van der Waals surface area contributed by atoms with E-state index in [1.165, 1.54) is 14.0 Å². The molecule has 0 aromatic heterocycles. The summed E-state index contributed by atoms with van der Waals surface area (Å²) < 4.78 is 4.71. The molecule has 0 aromatic rings. The van der Waals surface area contributed by atoms with E-state index >= 15 is 0 Å². The van der Waals surface area contributed by atoms with Gasteiger partial charge in [0, 0.05) is 11.7 Å². The first-order valence-corrected chi connectivity index (χ1v) is 8.14. The van der Waals surface area contributed by atoms with Crippen LogP contribution in [0.4, 0.5) is 0 Å². The maximum Gasteiger partial charge on any atom is 0.316 e. The van der Waals surface area contributed by atoms with E-state index in [2.05, 4.69) is 0 Å². The standard InChI is InChI=1S/C15H22O5S/c1-5-21-8(2)6-10-7-11(17)12(9(3)16)14(18)13(10)15(19)20-4/h8,10,12-13H,5-7H2,1-4H3/t8-,10-,12+,13-/m1/s1. The molecule has 0 aromatic carbocycles. The topological polar surface area (TPSA) is 77.5 Å². The molecule has 6 heteroatoms. The van der Waals surface area contributed by atoms with Gasteiger partial charge in [-0.15, -0.1) is 0 Å². The number of ketones is 3. The second kappa shape index (κ2) is 7.73. The van der Waals surface area contributed by atoms with Crippen molar-refractivity contribution in [1.82, 2.24) is 0 Å². The predicted molar refractivity (Wildman–Crippen MR) is 80.0 cm³/mol. The lowest BCUT2D eigenvalue weighted by Crippen LogP contribution is -2.48. The zero-order valence-electron chi connectivity index (χ0n) is 12.9. The van der Waals surface area contributed by atoms with Crippen LogP contribution in [0.25, 0.3) is 0 Å². The number of methoxy groups -OCH3 is 1. The summed E-state index contributed by atoms with van der Waals surface area (Å²) in [6, 6.07) is 0. The van der Waals surface area contributed by atoms with Crippen LogP contribution < -0.4 is 0 Å². The minimum atomic E-state index is -1.29. The molecule has 0 aliphatic heterocycles. The van der Waals surface area contributed by atoms with Gasteiger partial charge in [0.25, 0.3) is 0 Å². The smallest absolute Gasteiger partial charge is 0.316 e. The van der Waals surface area contributed by atoms with Crippen LogP contribution in [0.1, 0.15) is 33.6 Å². The molecule has 1 fully saturated rings. The van der Waals surface area contributed by atoms with Gasteiger partial charge in [-0.25, -0.2) is 0 Å². The SMILES string of the molecule is CCS[C@H](C)C[C@@H]1CC(=O)[C@H](C(C)=O)C(=O)[C@@H]1C(=O)OC. The summed E-state index contributed by atoms with van der Waals surface area (Å²) in [5.41, 5.74) is 0. The fourth-order valence-corrected chi connectivity index (χ4v) is 3.88. The van der Waals surface area contributed by atoms with Crippen molar-refractivity contribution in [3.05, 3.63) is 0 Å². The van der Waals surface area contributed by atoms with E-state index in [4.69, 9.17) is 4.74 Å². The summed E-state index contributed by atoms with van der Waals surface area (Å²) in [4.78, 5) is 47.9. The van der Waals surface area contributed by atoms with Gasteiger partial charge in [0.2, 0.25) is 0 Å². The Morgan fingerprint density at radius 1 is 1.38 bits per heavy atom. The first-order valence-electron chi connectivity index (χ1n) is 7.09. The number of thioether (sulfide) groups is 1. The number of carbonyl (C=O) groups excluding carboxylic acids is 4. The van der Waals surface area contributed by atoms with Gasteiger partial charge >= 0.3 is 5.97 Å². The summed E-state index contributed by atoms with van der Waals surface area (Å²) >= 11 is 1.71. The average Bonchev–Trinajstić information content (AvgIpc) is 2.37. The molecular formula is C15H22O5S. The van der Waals surface area contributed by atoms with Crippen molar-refractivity contribution >= 4 is 35.1 Å². The number of hydrogen-bond donors (Lipinski definition) is 0. The highest BCUT2D eigenvalue weighted by Crippen LogP contribution is 2.35. The van der Waals surface area contributed by atoms with Gasteiger partial charge in [0.05, 0.1) is 7.11 Å². The van der Waals surface area contributed by atoms with Crippen LogP contribution >= 0.6 is 11.8 Å². The van der Waals surface area contributed by atoms with Gasteiger partial charge in [-0.2, -0.15) is 11.8 Å². The predicted octanol–water partition coefficient (Wildman–Crippen LogP) is 1.67. The molecular weight excluding hydrogens is 292 g/mol. The van der Waals surface area contributed by atoms with E-state index in [0.29, 0.717) is 6.42 Å². The third kappa shape index (κ3) is 4.15. The van der Waals surface area contributed by atoms with Gasteiger partial charge in [-0.1, -0.05) is 13.8 Å². The van der Waals surface area contributed by atoms with E-state index < -0.39 is 29.4 Å².